The summed E-state index contributed by atoms with van der Waals surface area (Å²) in [6.07, 6.45) is 4.32. The Kier molecular flexibility index (Phi) is 4.70. The Morgan fingerprint density at radius 3 is 3.00 bits per heavy atom. The van der Waals surface area contributed by atoms with Crippen molar-refractivity contribution in [3.05, 3.63) is 62.0 Å². The second kappa shape index (κ2) is 7.35. The van der Waals surface area contributed by atoms with Gasteiger partial charge >= 0.3 is 0 Å². The molecule has 3 heterocycles. The molecule has 4 aromatic rings. The van der Waals surface area contributed by atoms with E-state index in [-0.39, 0.29) is 5.56 Å². The molecule has 28 heavy (non-hydrogen) atoms. The van der Waals surface area contributed by atoms with E-state index in [0.717, 1.165) is 41.2 Å². The summed E-state index contributed by atoms with van der Waals surface area (Å²) >= 11 is 9.01. The highest BCUT2D eigenvalue weighted by atomic mass is 35.5. The number of hydrogen-bond donors (Lipinski definition) is 0. The molecule has 142 valence electrons. The van der Waals surface area contributed by atoms with E-state index >= 15 is 0 Å². The van der Waals surface area contributed by atoms with E-state index in [1.54, 1.807) is 33.9 Å². The van der Waals surface area contributed by atoms with Crippen molar-refractivity contribution in [2.24, 2.45) is 0 Å². The number of thioether (sulfide) groups is 1. The maximum Gasteiger partial charge on any atom is 0.277 e. The molecule has 0 bridgehead atoms. The summed E-state index contributed by atoms with van der Waals surface area (Å²) in [5.74, 6) is 0.908. The van der Waals surface area contributed by atoms with Crippen LogP contribution >= 0.6 is 34.7 Å². The van der Waals surface area contributed by atoms with Gasteiger partial charge in [0.25, 0.3) is 10.8 Å². The van der Waals surface area contributed by atoms with Crippen molar-refractivity contribution in [2.45, 2.75) is 36.7 Å². The highest BCUT2D eigenvalue weighted by molar-refractivity contribution is 7.98. The quantitative estimate of drug-likeness (QED) is 0.439. The topological polar surface area (TPSA) is 73.3 Å². The monoisotopic (exact) mass is 430 g/mol. The standard InChI is InChI=1S/C19H15ClN4O2S2/c20-12-5-3-4-11(8-12)17-22-23-19(26-17)27-10-13-9-16(25)24-14-6-1-2-7-15(14)28-18(24)21-13/h3-5,8-9H,1-2,6-7,10H2. The maximum atomic E-state index is 12.6. The Labute approximate surface area is 173 Å². The molecule has 0 saturated carbocycles. The van der Waals surface area contributed by atoms with Gasteiger partial charge in [-0.25, -0.2) is 4.98 Å². The molecule has 0 N–H and O–H groups in total. The number of benzene rings is 1. The lowest BCUT2D eigenvalue weighted by Crippen LogP contribution is -2.17. The molecule has 9 heteroatoms. The van der Waals surface area contributed by atoms with Gasteiger partial charge in [-0.15, -0.1) is 21.5 Å². The zero-order valence-electron chi connectivity index (χ0n) is 14.7. The zero-order valence-corrected chi connectivity index (χ0v) is 17.1. The summed E-state index contributed by atoms with van der Waals surface area (Å²) in [6, 6.07) is 8.87. The molecule has 0 aliphatic heterocycles. The van der Waals surface area contributed by atoms with Crippen LogP contribution in [0.4, 0.5) is 0 Å². The van der Waals surface area contributed by atoms with E-state index in [2.05, 4.69) is 15.2 Å². The molecule has 6 nitrogen and oxygen atoms in total. The first-order chi connectivity index (χ1) is 13.7. The van der Waals surface area contributed by atoms with Crippen molar-refractivity contribution in [2.75, 3.05) is 0 Å². The highest BCUT2D eigenvalue weighted by Gasteiger charge is 2.19. The first-order valence-electron chi connectivity index (χ1n) is 8.93. The van der Waals surface area contributed by atoms with Crippen LogP contribution in [0.5, 0.6) is 0 Å². The van der Waals surface area contributed by atoms with Crippen LogP contribution in [0.25, 0.3) is 16.4 Å². The zero-order chi connectivity index (χ0) is 19.1. The molecule has 1 aliphatic carbocycles. The predicted octanol–water partition coefficient (Wildman–Crippen LogP) is 4.63. The molecule has 0 amide bonds. The number of rotatable bonds is 4. The van der Waals surface area contributed by atoms with Gasteiger partial charge in [-0.2, -0.15) is 0 Å². The average molecular weight is 431 g/mol. The molecule has 0 spiro atoms. The minimum absolute atomic E-state index is 0.00912. The molecule has 0 atom stereocenters. The van der Waals surface area contributed by atoms with Gasteiger partial charge in [-0.1, -0.05) is 29.4 Å². The van der Waals surface area contributed by atoms with Gasteiger partial charge < -0.3 is 4.42 Å². The largest absolute Gasteiger partial charge is 0.411 e. The Morgan fingerprint density at radius 2 is 2.11 bits per heavy atom. The van der Waals surface area contributed by atoms with E-state index in [9.17, 15) is 4.79 Å². The fourth-order valence-electron chi connectivity index (χ4n) is 3.36. The van der Waals surface area contributed by atoms with Gasteiger partial charge in [0.1, 0.15) is 0 Å². The molecular formula is C19H15ClN4O2S2. The molecule has 0 unspecified atom stereocenters. The summed E-state index contributed by atoms with van der Waals surface area (Å²) in [5.41, 5.74) is 2.63. The number of nitrogens with zero attached hydrogens (tertiary/aromatic N) is 4. The van der Waals surface area contributed by atoms with Gasteiger partial charge in [0.15, 0.2) is 4.96 Å². The number of fused-ring (bicyclic) bond motifs is 3. The second-order valence-corrected chi connectivity index (χ2v) is 8.98. The summed E-state index contributed by atoms with van der Waals surface area (Å²) in [6.45, 7) is 0. The van der Waals surface area contributed by atoms with Gasteiger partial charge in [0, 0.05) is 33.0 Å². The van der Waals surface area contributed by atoms with Crippen LogP contribution in [0, 0.1) is 0 Å². The maximum absolute atomic E-state index is 12.6. The normalized spacial score (nSPS) is 13.8. The SMILES string of the molecule is O=c1cc(CSc2nnc(-c3cccc(Cl)c3)o2)nc2sc3c(n12)CCCC3. The van der Waals surface area contributed by atoms with E-state index < -0.39 is 0 Å². The van der Waals surface area contributed by atoms with E-state index in [1.165, 1.54) is 23.1 Å². The molecule has 0 saturated heterocycles. The van der Waals surface area contributed by atoms with Gasteiger partial charge in [-0.05, 0) is 43.9 Å². The Morgan fingerprint density at radius 1 is 1.21 bits per heavy atom. The molecule has 0 radical (unpaired) electrons. The Balaban J connectivity index is 1.37. The molecular weight excluding hydrogens is 416 g/mol. The fourth-order valence-corrected chi connectivity index (χ4v) is 5.44. The number of aryl methyl sites for hydroxylation is 2. The van der Waals surface area contributed by atoms with Crippen molar-refractivity contribution in [3.8, 4) is 11.5 Å². The molecule has 1 aromatic carbocycles. The number of hydrogen-bond acceptors (Lipinski definition) is 7. The van der Waals surface area contributed by atoms with Crippen LogP contribution in [0.3, 0.4) is 0 Å². The number of thiazole rings is 1. The van der Waals surface area contributed by atoms with E-state index in [1.807, 2.05) is 12.1 Å². The van der Waals surface area contributed by atoms with Crippen LogP contribution in [0.2, 0.25) is 5.02 Å². The summed E-state index contributed by atoms with van der Waals surface area (Å²) in [5, 5.41) is 9.19. The minimum atomic E-state index is -0.00912. The third-order valence-corrected chi connectivity index (χ3v) is 6.87. The first-order valence-corrected chi connectivity index (χ1v) is 11.1. The van der Waals surface area contributed by atoms with Gasteiger partial charge in [-0.3, -0.25) is 9.20 Å². The van der Waals surface area contributed by atoms with Crippen LogP contribution in [-0.2, 0) is 18.6 Å². The van der Waals surface area contributed by atoms with Crippen LogP contribution in [0.1, 0.15) is 29.1 Å². The van der Waals surface area contributed by atoms with Crippen molar-refractivity contribution in [1.29, 1.82) is 0 Å². The summed E-state index contributed by atoms with van der Waals surface area (Å²) in [4.78, 5) is 19.4. The fraction of sp³-hybridized carbons (Fsp3) is 0.263. The van der Waals surface area contributed by atoms with Gasteiger partial charge in [0.2, 0.25) is 5.89 Å². The third-order valence-electron chi connectivity index (χ3n) is 4.64. The number of aromatic nitrogens is 4. The minimum Gasteiger partial charge on any atom is -0.411 e. The lowest BCUT2D eigenvalue weighted by molar-refractivity contribution is 0.466. The van der Waals surface area contributed by atoms with Crippen LogP contribution in [0.15, 0.2) is 44.8 Å². The van der Waals surface area contributed by atoms with Gasteiger partial charge in [0.05, 0.1) is 5.69 Å². The summed E-state index contributed by atoms with van der Waals surface area (Å²) < 4.78 is 7.48. The summed E-state index contributed by atoms with van der Waals surface area (Å²) in [7, 11) is 0. The lowest BCUT2D eigenvalue weighted by atomic mass is 10.0. The average Bonchev–Trinajstić information content (AvgIpc) is 3.31. The first kappa shape index (κ1) is 17.9. The lowest BCUT2D eigenvalue weighted by Gasteiger charge is -2.09. The molecule has 1 aliphatic rings. The van der Waals surface area contributed by atoms with Crippen molar-refractivity contribution >= 4 is 39.7 Å². The number of halogens is 1. The van der Waals surface area contributed by atoms with E-state index in [4.69, 9.17) is 16.0 Å². The van der Waals surface area contributed by atoms with Crippen molar-refractivity contribution < 1.29 is 4.42 Å². The molecule has 3 aromatic heterocycles. The van der Waals surface area contributed by atoms with Crippen LogP contribution in [-0.4, -0.2) is 19.6 Å². The second-order valence-electron chi connectivity index (χ2n) is 6.55. The van der Waals surface area contributed by atoms with Crippen molar-refractivity contribution in [3.63, 3.8) is 0 Å². The van der Waals surface area contributed by atoms with Crippen LogP contribution < -0.4 is 5.56 Å². The Hall–Kier alpha value is -2.16. The van der Waals surface area contributed by atoms with Crippen molar-refractivity contribution in [1.82, 2.24) is 19.6 Å². The molecule has 5 rings (SSSR count). The smallest absolute Gasteiger partial charge is 0.277 e. The Bertz CT molecular complexity index is 1230. The molecule has 0 fully saturated rings. The predicted molar refractivity (Wildman–Crippen MR) is 110 cm³/mol. The third kappa shape index (κ3) is 3.36. The highest BCUT2D eigenvalue weighted by Crippen LogP contribution is 2.30. The van der Waals surface area contributed by atoms with E-state index in [0.29, 0.717) is 21.9 Å².